The second-order valence-electron chi connectivity index (χ2n) is 6.48. The van der Waals surface area contributed by atoms with Gasteiger partial charge in [0.05, 0.1) is 7.11 Å². The molecule has 1 aliphatic heterocycles. The van der Waals surface area contributed by atoms with Gasteiger partial charge in [0.1, 0.15) is 11.5 Å². The Balaban J connectivity index is 1.68. The first-order chi connectivity index (χ1) is 12.1. The molecule has 1 aliphatic rings. The average Bonchev–Trinajstić information content (AvgIpc) is 2.65. The van der Waals surface area contributed by atoms with E-state index in [4.69, 9.17) is 9.47 Å². The fourth-order valence-electron chi connectivity index (χ4n) is 2.84. The van der Waals surface area contributed by atoms with Crippen LogP contribution in [0.1, 0.15) is 19.8 Å². The van der Waals surface area contributed by atoms with Gasteiger partial charge in [0.2, 0.25) is 0 Å². The quantitative estimate of drug-likeness (QED) is 0.687. The van der Waals surface area contributed by atoms with Crippen LogP contribution in [0.4, 0.5) is 0 Å². The van der Waals surface area contributed by atoms with E-state index in [9.17, 15) is 4.79 Å². The Kier molecular flexibility index (Phi) is 8.01. The van der Waals surface area contributed by atoms with Crippen LogP contribution < -0.4 is 14.8 Å². The summed E-state index contributed by atoms with van der Waals surface area (Å²) < 4.78 is 10.9. The van der Waals surface area contributed by atoms with Gasteiger partial charge in [-0.1, -0.05) is 6.92 Å². The Labute approximate surface area is 151 Å². The van der Waals surface area contributed by atoms with Gasteiger partial charge in [-0.3, -0.25) is 4.79 Å². The van der Waals surface area contributed by atoms with Gasteiger partial charge >= 0.3 is 0 Å². The van der Waals surface area contributed by atoms with Crippen LogP contribution in [0.3, 0.4) is 0 Å². The summed E-state index contributed by atoms with van der Waals surface area (Å²) in [6.45, 7) is 8.15. The number of nitrogens with zero attached hydrogens (tertiary/aromatic N) is 2. The first-order valence-electron chi connectivity index (χ1n) is 9.11. The Morgan fingerprint density at radius 3 is 2.40 bits per heavy atom. The minimum atomic E-state index is -0.461. The summed E-state index contributed by atoms with van der Waals surface area (Å²) in [5.74, 6) is 1.41. The van der Waals surface area contributed by atoms with E-state index in [1.807, 2.05) is 31.2 Å². The lowest BCUT2D eigenvalue weighted by atomic mass is 10.2. The average molecular weight is 349 g/mol. The SMILES string of the molecule is CC[C@H](Oc1ccc(OC)cc1)C(=O)NCCCN1CCN(C)CC1. The zero-order valence-corrected chi connectivity index (χ0v) is 15.7. The number of benzene rings is 1. The van der Waals surface area contributed by atoms with Crippen LogP contribution in [0.5, 0.6) is 11.5 Å². The fraction of sp³-hybridized carbons (Fsp3) is 0.632. The smallest absolute Gasteiger partial charge is 0.261 e. The van der Waals surface area contributed by atoms with E-state index in [1.54, 1.807) is 7.11 Å². The van der Waals surface area contributed by atoms with Gasteiger partial charge < -0.3 is 24.6 Å². The normalized spacial score (nSPS) is 17.1. The Morgan fingerprint density at radius 2 is 1.80 bits per heavy atom. The maximum atomic E-state index is 12.3. The van der Waals surface area contributed by atoms with Crippen LogP contribution in [0.25, 0.3) is 0 Å². The van der Waals surface area contributed by atoms with Gasteiger partial charge in [0.25, 0.3) is 5.91 Å². The molecule has 1 heterocycles. The summed E-state index contributed by atoms with van der Waals surface area (Å²) in [4.78, 5) is 17.1. The number of carbonyl (C=O) groups is 1. The highest BCUT2D eigenvalue weighted by atomic mass is 16.5. The van der Waals surface area contributed by atoms with Crippen molar-refractivity contribution >= 4 is 5.91 Å². The fourth-order valence-corrected chi connectivity index (χ4v) is 2.84. The van der Waals surface area contributed by atoms with Crippen LogP contribution in [0.2, 0.25) is 0 Å². The van der Waals surface area contributed by atoms with Gasteiger partial charge in [-0.15, -0.1) is 0 Å². The zero-order chi connectivity index (χ0) is 18.1. The molecule has 2 rings (SSSR count). The number of rotatable bonds is 9. The number of likely N-dealkylation sites (N-methyl/N-ethyl adjacent to an activating group) is 1. The van der Waals surface area contributed by atoms with Crippen molar-refractivity contribution < 1.29 is 14.3 Å². The van der Waals surface area contributed by atoms with Crippen LogP contribution in [0, 0.1) is 0 Å². The van der Waals surface area contributed by atoms with Gasteiger partial charge in [-0.25, -0.2) is 0 Å². The molecule has 0 aliphatic carbocycles. The minimum absolute atomic E-state index is 0.0447. The summed E-state index contributed by atoms with van der Waals surface area (Å²) in [5, 5.41) is 3.00. The monoisotopic (exact) mass is 349 g/mol. The second-order valence-corrected chi connectivity index (χ2v) is 6.48. The van der Waals surface area contributed by atoms with Crippen molar-refractivity contribution in [3.8, 4) is 11.5 Å². The summed E-state index contributed by atoms with van der Waals surface area (Å²) in [7, 11) is 3.78. The third kappa shape index (κ3) is 6.55. The van der Waals surface area contributed by atoms with Crippen LogP contribution in [-0.4, -0.2) is 75.2 Å². The molecule has 0 bridgehead atoms. The number of hydrogen-bond donors (Lipinski definition) is 1. The van der Waals surface area contributed by atoms with Gasteiger partial charge in [0.15, 0.2) is 6.10 Å². The van der Waals surface area contributed by atoms with E-state index >= 15 is 0 Å². The zero-order valence-electron chi connectivity index (χ0n) is 15.7. The molecule has 1 amide bonds. The highest BCUT2D eigenvalue weighted by Gasteiger charge is 2.18. The van der Waals surface area contributed by atoms with Crippen molar-refractivity contribution in [2.24, 2.45) is 0 Å². The summed E-state index contributed by atoms with van der Waals surface area (Å²) in [6, 6.07) is 7.30. The third-order valence-corrected chi connectivity index (χ3v) is 4.55. The molecule has 1 atom stereocenters. The summed E-state index contributed by atoms with van der Waals surface area (Å²) >= 11 is 0. The Morgan fingerprint density at radius 1 is 1.16 bits per heavy atom. The molecule has 1 aromatic rings. The molecule has 1 N–H and O–H groups in total. The van der Waals surface area contributed by atoms with E-state index < -0.39 is 6.10 Å². The third-order valence-electron chi connectivity index (χ3n) is 4.55. The van der Waals surface area contributed by atoms with Crippen molar-refractivity contribution in [1.82, 2.24) is 15.1 Å². The maximum absolute atomic E-state index is 12.3. The van der Waals surface area contributed by atoms with Crippen molar-refractivity contribution in [2.75, 3.05) is 53.4 Å². The van der Waals surface area contributed by atoms with Gasteiger partial charge in [-0.05, 0) is 50.7 Å². The molecule has 1 saturated heterocycles. The molecule has 0 saturated carbocycles. The van der Waals surface area contributed by atoms with Gasteiger partial charge in [-0.2, -0.15) is 0 Å². The minimum Gasteiger partial charge on any atom is -0.497 e. The number of methoxy groups -OCH3 is 1. The number of nitrogens with one attached hydrogen (secondary N) is 1. The van der Waals surface area contributed by atoms with Crippen molar-refractivity contribution in [3.05, 3.63) is 24.3 Å². The van der Waals surface area contributed by atoms with E-state index in [1.165, 1.54) is 0 Å². The molecule has 0 spiro atoms. The molecular weight excluding hydrogens is 318 g/mol. The number of amides is 1. The lowest BCUT2D eigenvalue weighted by molar-refractivity contribution is -0.128. The molecule has 25 heavy (non-hydrogen) atoms. The van der Waals surface area contributed by atoms with Crippen LogP contribution in [0.15, 0.2) is 24.3 Å². The van der Waals surface area contributed by atoms with Crippen molar-refractivity contribution in [2.45, 2.75) is 25.9 Å². The summed E-state index contributed by atoms with van der Waals surface area (Å²) in [5.41, 5.74) is 0. The number of hydrogen-bond acceptors (Lipinski definition) is 5. The lowest BCUT2D eigenvalue weighted by Gasteiger charge is -2.32. The van der Waals surface area contributed by atoms with Crippen LogP contribution >= 0.6 is 0 Å². The molecule has 0 radical (unpaired) electrons. The standard InChI is InChI=1S/C19H31N3O3/c1-4-18(25-17-8-6-16(24-3)7-9-17)19(23)20-10-5-11-22-14-12-21(2)13-15-22/h6-9,18H,4-5,10-15H2,1-3H3,(H,20,23)/t18-/m0/s1. The van der Waals surface area contributed by atoms with Crippen LogP contribution in [-0.2, 0) is 4.79 Å². The molecule has 6 heteroatoms. The molecular formula is C19H31N3O3. The highest BCUT2D eigenvalue weighted by molar-refractivity contribution is 5.81. The molecule has 140 valence electrons. The summed E-state index contributed by atoms with van der Waals surface area (Å²) in [6.07, 6.45) is 1.14. The highest BCUT2D eigenvalue weighted by Crippen LogP contribution is 2.18. The Hall–Kier alpha value is -1.79. The molecule has 6 nitrogen and oxygen atoms in total. The van der Waals surface area contributed by atoms with Crippen molar-refractivity contribution in [3.63, 3.8) is 0 Å². The molecule has 0 unspecified atom stereocenters. The predicted molar refractivity (Wildman–Crippen MR) is 99.3 cm³/mol. The first-order valence-corrected chi connectivity index (χ1v) is 9.11. The maximum Gasteiger partial charge on any atom is 0.261 e. The molecule has 0 aromatic heterocycles. The largest absolute Gasteiger partial charge is 0.497 e. The Bertz CT molecular complexity index is 513. The number of piperazine rings is 1. The van der Waals surface area contributed by atoms with E-state index in [0.717, 1.165) is 44.9 Å². The molecule has 1 aromatic carbocycles. The van der Waals surface area contributed by atoms with Crippen molar-refractivity contribution in [1.29, 1.82) is 0 Å². The predicted octanol–water partition coefficient (Wildman–Crippen LogP) is 1.61. The number of carbonyl (C=O) groups excluding carboxylic acids is 1. The first kappa shape index (κ1) is 19.5. The van der Waals surface area contributed by atoms with E-state index in [0.29, 0.717) is 18.7 Å². The van der Waals surface area contributed by atoms with Gasteiger partial charge in [0, 0.05) is 32.7 Å². The topological polar surface area (TPSA) is 54.0 Å². The second kappa shape index (κ2) is 10.3. The van der Waals surface area contributed by atoms with E-state index in [2.05, 4.69) is 22.2 Å². The van der Waals surface area contributed by atoms with E-state index in [-0.39, 0.29) is 5.91 Å². The lowest BCUT2D eigenvalue weighted by Crippen LogP contribution is -2.45. The number of ether oxygens (including phenoxy) is 2. The molecule has 1 fully saturated rings.